The van der Waals surface area contributed by atoms with Crippen LogP contribution in [-0.4, -0.2) is 34.9 Å². The minimum Gasteiger partial charge on any atom is -0.459 e. The van der Waals surface area contributed by atoms with Gasteiger partial charge in [0.05, 0.1) is 5.71 Å². The first kappa shape index (κ1) is 15.3. The highest BCUT2D eigenvalue weighted by molar-refractivity contribution is 6.07. The van der Waals surface area contributed by atoms with Gasteiger partial charge in [-0.05, 0) is 27.7 Å². The van der Waals surface area contributed by atoms with Crippen molar-refractivity contribution in [2.75, 3.05) is 0 Å². The number of urea groups is 1. The topological polar surface area (TPSA) is 120 Å². The average Bonchev–Trinajstić information content (AvgIpc) is 2.71. The van der Waals surface area contributed by atoms with Crippen LogP contribution in [0, 0.1) is 5.41 Å². The van der Waals surface area contributed by atoms with Gasteiger partial charge in [-0.3, -0.25) is 9.59 Å². The summed E-state index contributed by atoms with van der Waals surface area (Å²) in [6, 6.07) is -0.821. The number of nitrogens with two attached hydrogens (primary N) is 1. The molecule has 0 aromatic carbocycles. The lowest BCUT2D eigenvalue weighted by Crippen LogP contribution is -2.37. The Hall–Kier alpha value is -2.12. The van der Waals surface area contributed by atoms with Crippen LogP contribution in [0.3, 0.4) is 0 Å². The van der Waals surface area contributed by atoms with Crippen LogP contribution in [0.25, 0.3) is 0 Å². The zero-order chi connectivity index (χ0) is 16.1. The van der Waals surface area contributed by atoms with E-state index in [9.17, 15) is 14.4 Å². The van der Waals surface area contributed by atoms with E-state index in [0.29, 0.717) is 5.71 Å². The molecule has 0 bridgehead atoms. The van der Waals surface area contributed by atoms with Crippen LogP contribution in [0.15, 0.2) is 5.10 Å². The number of hydrazone groups is 1. The average molecular weight is 297 g/mol. The van der Waals surface area contributed by atoms with Crippen LogP contribution in [0.2, 0.25) is 0 Å². The lowest BCUT2D eigenvalue weighted by atomic mass is 9.75. The molecule has 2 aliphatic rings. The van der Waals surface area contributed by atoms with Gasteiger partial charge in [0, 0.05) is 12.8 Å². The number of cyclic esters (lactones) is 2. The summed E-state index contributed by atoms with van der Waals surface area (Å²) < 4.78 is 10.6. The second-order valence-electron chi connectivity index (χ2n) is 6.38. The van der Waals surface area contributed by atoms with Gasteiger partial charge in [0.1, 0.15) is 5.60 Å². The Balaban J connectivity index is 2.29. The van der Waals surface area contributed by atoms with Gasteiger partial charge in [0.15, 0.2) is 11.0 Å². The molecule has 0 aliphatic carbocycles. The molecule has 2 aliphatic heterocycles. The van der Waals surface area contributed by atoms with Crippen molar-refractivity contribution in [3.63, 3.8) is 0 Å². The predicted molar refractivity (Wildman–Crippen MR) is 72.2 cm³/mol. The minimum atomic E-state index is -1.30. The molecule has 0 aromatic heterocycles. The molecule has 2 atom stereocenters. The Morgan fingerprint density at radius 2 is 1.76 bits per heavy atom. The van der Waals surface area contributed by atoms with Crippen molar-refractivity contribution in [3.8, 4) is 0 Å². The number of carbonyl (C=O) groups is 3. The third-order valence-corrected chi connectivity index (χ3v) is 3.93. The first-order chi connectivity index (χ1) is 9.51. The fourth-order valence-electron chi connectivity index (χ4n) is 2.92. The molecule has 8 nitrogen and oxygen atoms in total. The number of rotatable bonds is 2. The van der Waals surface area contributed by atoms with E-state index in [-0.39, 0.29) is 12.8 Å². The largest absolute Gasteiger partial charge is 0.459 e. The number of ether oxygens (including phenoxy) is 2. The van der Waals surface area contributed by atoms with Gasteiger partial charge in [-0.25, -0.2) is 10.2 Å². The molecule has 116 valence electrons. The molecule has 0 saturated carbocycles. The van der Waals surface area contributed by atoms with Crippen LogP contribution in [-0.2, 0) is 19.1 Å². The van der Waals surface area contributed by atoms with E-state index in [1.807, 2.05) is 0 Å². The maximum Gasteiger partial charge on any atom is 0.332 e. The molecule has 0 radical (unpaired) electrons. The van der Waals surface area contributed by atoms with E-state index in [1.54, 1.807) is 27.7 Å². The number of primary amides is 1. The summed E-state index contributed by atoms with van der Waals surface area (Å²) in [6.07, 6.45) is 0.376. The number of nitrogens with zero attached hydrogens (tertiary/aromatic N) is 1. The van der Waals surface area contributed by atoms with Crippen LogP contribution in [0.5, 0.6) is 0 Å². The second-order valence-corrected chi connectivity index (χ2v) is 6.38. The molecule has 2 rings (SSSR count). The fourth-order valence-corrected chi connectivity index (χ4v) is 2.92. The maximum absolute atomic E-state index is 12.3. The summed E-state index contributed by atoms with van der Waals surface area (Å²) in [4.78, 5) is 35.1. The molecule has 2 heterocycles. The highest BCUT2D eigenvalue weighted by Crippen LogP contribution is 2.51. The van der Waals surface area contributed by atoms with Crippen molar-refractivity contribution in [1.82, 2.24) is 5.43 Å². The van der Waals surface area contributed by atoms with Gasteiger partial charge in [-0.1, -0.05) is 0 Å². The Labute approximate surface area is 122 Å². The molecule has 2 amide bonds. The third-order valence-electron chi connectivity index (χ3n) is 3.93. The normalized spacial score (nSPS) is 34.8. The summed E-state index contributed by atoms with van der Waals surface area (Å²) in [6.45, 7) is 6.73. The number of hydrogen-bond donors (Lipinski definition) is 2. The van der Waals surface area contributed by atoms with Crippen molar-refractivity contribution >= 4 is 23.7 Å². The summed E-state index contributed by atoms with van der Waals surface area (Å²) in [5.74, 6) is -1.19. The maximum atomic E-state index is 12.3. The van der Waals surface area contributed by atoms with Crippen molar-refractivity contribution in [2.24, 2.45) is 16.3 Å². The van der Waals surface area contributed by atoms with Crippen LogP contribution < -0.4 is 11.2 Å². The first-order valence-electron chi connectivity index (χ1n) is 6.58. The van der Waals surface area contributed by atoms with Crippen molar-refractivity contribution in [3.05, 3.63) is 0 Å². The van der Waals surface area contributed by atoms with Crippen LogP contribution in [0.1, 0.15) is 40.5 Å². The number of hydrogen-bond acceptors (Lipinski definition) is 6. The molecule has 0 unspecified atom stereocenters. The number of carbonyl (C=O) groups excluding carboxylic acids is 3. The zero-order valence-corrected chi connectivity index (χ0v) is 12.5. The first-order valence-corrected chi connectivity index (χ1v) is 6.58. The molecule has 21 heavy (non-hydrogen) atoms. The quantitative estimate of drug-likeness (QED) is 0.332. The number of nitrogens with one attached hydrogen (secondary N) is 1. The Bertz CT molecular complexity index is 556. The van der Waals surface area contributed by atoms with E-state index in [1.165, 1.54) is 0 Å². The van der Waals surface area contributed by atoms with E-state index in [0.717, 1.165) is 0 Å². The summed E-state index contributed by atoms with van der Waals surface area (Å²) in [5.41, 5.74) is 4.28. The SMILES string of the molecule is C/C(=N/NC(N)=O)[C@]1(C)C[C@@]2(CC(C)(C)OC2=O)C(=O)O1. The lowest BCUT2D eigenvalue weighted by molar-refractivity contribution is -0.160. The van der Waals surface area contributed by atoms with Crippen molar-refractivity contribution in [1.29, 1.82) is 0 Å². The highest BCUT2D eigenvalue weighted by Gasteiger charge is 2.67. The molecule has 1 spiro atoms. The minimum absolute atomic E-state index is 0.122. The summed E-state index contributed by atoms with van der Waals surface area (Å²) in [7, 11) is 0. The van der Waals surface area contributed by atoms with Gasteiger partial charge < -0.3 is 15.2 Å². The number of amides is 2. The second kappa shape index (κ2) is 4.44. The molecular weight excluding hydrogens is 278 g/mol. The van der Waals surface area contributed by atoms with Gasteiger partial charge in [0.2, 0.25) is 0 Å². The predicted octanol–water partition coefficient (Wildman–Crippen LogP) is 0.448. The van der Waals surface area contributed by atoms with Crippen molar-refractivity contribution < 1.29 is 23.9 Å². The van der Waals surface area contributed by atoms with Gasteiger partial charge >= 0.3 is 18.0 Å². The third kappa shape index (κ3) is 2.45. The fraction of sp³-hybridized carbons (Fsp3) is 0.692. The monoisotopic (exact) mass is 297 g/mol. The smallest absolute Gasteiger partial charge is 0.332 e. The molecular formula is C13H19N3O5. The Morgan fingerprint density at radius 3 is 2.24 bits per heavy atom. The van der Waals surface area contributed by atoms with E-state index >= 15 is 0 Å². The van der Waals surface area contributed by atoms with E-state index < -0.39 is 34.6 Å². The Morgan fingerprint density at radius 1 is 1.19 bits per heavy atom. The van der Waals surface area contributed by atoms with Crippen molar-refractivity contribution in [2.45, 2.75) is 51.7 Å². The highest BCUT2D eigenvalue weighted by atomic mass is 16.6. The van der Waals surface area contributed by atoms with Gasteiger partial charge in [0.25, 0.3) is 0 Å². The van der Waals surface area contributed by atoms with Crippen LogP contribution >= 0.6 is 0 Å². The zero-order valence-electron chi connectivity index (χ0n) is 12.5. The molecule has 0 aromatic rings. The molecule has 2 saturated heterocycles. The van der Waals surface area contributed by atoms with Gasteiger partial charge in [-0.2, -0.15) is 5.10 Å². The summed E-state index contributed by atoms with van der Waals surface area (Å²) in [5, 5.41) is 3.79. The molecule has 2 fully saturated rings. The number of esters is 2. The lowest BCUT2D eigenvalue weighted by Gasteiger charge is -2.22. The molecule has 8 heteroatoms. The van der Waals surface area contributed by atoms with E-state index in [4.69, 9.17) is 15.2 Å². The Kier molecular flexibility index (Phi) is 3.23. The summed E-state index contributed by atoms with van der Waals surface area (Å²) >= 11 is 0. The standard InChI is InChI=1S/C13H19N3O5/c1-7(15-16-10(14)19)12(4)6-13(9(18)21-12)5-11(2,3)20-8(13)17/h5-6H2,1-4H3,(H3,14,16,19)/b15-7-/t12-,13+/m0/s1. The van der Waals surface area contributed by atoms with Crippen LogP contribution in [0.4, 0.5) is 4.79 Å². The van der Waals surface area contributed by atoms with Gasteiger partial charge in [-0.15, -0.1) is 0 Å². The molecule has 3 N–H and O–H groups in total. The van der Waals surface area contributed by atoms with E-state index in [2.05, 4.69) is 10.5 Å².